The van der Waals surface area contributed by atoms with Crippen LogP contribution in [0.5, 0.6) is 5.75 Å². The molecule has 0 saturated heterocycles. The van der Waals surface area contributed by atoms with Crippen LogP contribution in [0.3, 0.4) is 0 Å². The summed E-state index contributed by atoms with van der Waals surface area (Å²) in [5.74, 6) is -0.136. The molecule has 0 bridgehead atoms. The molecular weight excluding hydrogens is 552 g/mol. The maximum atomic E-state index is 12.6. The molecule has 2 aromatic carbocycles. The van der Waals surface area contributed by atoms with Gasteiger partial charge in [0.1, 0.15) is 10.6 Å². The summed E-state index contributed by atoms with van der Waals surface area (Å²) < 4.78 is 6.44. The van der Waals surface area contributed by atoms with Gasteiger partial charge >= 0.3 is 5.97 Å². The minimum absolute atomic E-state index is 0.0679. The zero-order chi connectivity index (χ0) is 29.1. The fourth-order valence-corrected chi connectivity index (χ4v) is 6.20. The molecule has 41 heavy (non-hydrogen) atoms. The number of carbonyl (C=O) groups is 2. The first-order valence-electron chi connectivity index (χ1n) is 15.4. The van der Waals surface area contributed by atoms with Crippen molar-refractivity contribution >= 4 is 51.1 Å². The molecule has 0 unspecified atom stereocenters. The van der Waals surface area contributed by atoms with Gasteiger partial charge in [-0.2, -0.15) is 5.10 Å². The Kier molecular flexibility index (Phi) is 15.5. The number of hydrazone groups is 1. The molecule has 7 heteroatoms. The Morgan fingerprint density at radius 3 is 1.95 bits per heavy atom. The van der Waals surface area contributed by atoms with Crippen molar-refractivity contribution in [1.82, 2.24) is 5.43 Å². The second-order valence-electron chi connectivity index (χ2n) is 10.7. The molecule has 3 aromatic rings. The molecule has 0 aliphatic carbocycles. The molecule has 3 rings (SSSR count). The second kappa shape index (κ2) is 19.4. The van der Waals surface area contributed by atoms with Crippen molar-refractivity contribution in [3.8, 4) is 5.75 Å². The van der Waals surface area contributed by atoms with Crippen molar-refractivity contribution in [1.29, 1.82) is 0 Å². The van der Waals surface area contributed by atoms with Crippen LogP contribution in [0, 0.1) is 0 Å². The van der Waals surface area contributed by atoms with Gasteiger partial charge in [0.05, 0.1) is 11.2 Å². The number of amides is 1. The molecule has 1 aromatic heterocycles. The molecule has 0 aliphatic rings. The molecule has 222 valence electrons. The van der Waals surface area contributed by atoms with E-state index >= 15 is 0 Å². The molecule has 0 radical (unpaired) electrons. The van der Waals surface area contributed by atoms with E-state index in [0.717, 1.165) is 28.5 Å². The van der Waals surface area contributed by atoms with Gasteiger partial charge in [0.25, 0.3) is 0 Å². The topological polar surface area (TPSA) is 67.8 Å². The van der Waals surface area contributed by atoms with Crippen molar-refractivity contribution < 1.29 is 14.3 Å². The van der Waals surface area contributed by atoms with Crippen LogP contribution in [0.25, 0.3) is 10.1 Å². The average molecular weight is 597 g/mol. The van der Waals surface area contributed by atoms with Crippen LogP contribution in [0.4, 0.5) is 0 Å². The smallest absolute Gasteiger partial charge is 0.355 e. The predicted octanol–water partition coefficient (Wildman–Crippen LogP) is 10.5. The monoisotopic (exact) mass is 596 g/mol. The van der Waals surface area contributed by atoms with E-state index in [9.17, 15) is 9.59 Å². The maximum Gasteiger partial charge on any atom is 0.355 e. The largest absolute Gasteiger partial charge is 0.422 e. The van der Waals surface area contributed by atoms with Crippen LogP contribution < -0.4 is 10.2 Å². The molecular formula is C34H45ClN2O3S. The van der Waals surface area contributed by atoms with Gasteiger partial charge in [0, 0.05) is 16.5 Å². The van der Waals surface area contributed by atoms with Crippen molar-refractivity contribution in [2.75, 3.05) is 0 Å². The molecule has 0 fully saturated rings. The molecule has 0 spiro atoms. The number of hydrogen-bond donors (Lipinski definition) is 1. The average Bonchev–Trinajstić information content (AvgIpc) is 3.32. The number of nitrogens with zero attached hydrogens (tertiary/aromatic N) is 1. The molecule has 1 N–H and O–H groups in total. The van der Waals surface area contributed by atoms with Gasteiger partial charge in [-0.05, 0) is 42.3 Å². The fraction of sp³-hybridized carbons (Fsp3) is 0.500. The number of unbranched alkanes of at least 4 members (excludes halogenated alkanes) is 14. The highest BCUT2D eigenvalue weighted by molar-refractivity contribution is 7.21. The van der Waals surface area contributed by atoms with Crippen LogP contribution >= 0.6 is 22.9 Å². The zero-order valence-corrected chi connectivity index (χ0v) is 26.0. The van der Waals surface area contributed by atoms with E-state index in [-0.39, 0.29) is 5.91 Å². The highest BCUT2D eigenvalue weighted by atomic mass is 35.5. The third kappa shape index (κ3) is 12.4. The number of rotatable bonds is 20. The standard InChI is InChI=1S/C34H45ClN2O3S/c1-2-3-4-5-6-7-8-9-10-11-12-13-14-15-16-21-31(38)37-36-26-27-22-24-28(25-23-27)40-34(39)33-32(35)29-19-17-18-20-30(29)41-33/h17-20,22-26H,2-16,21H2,1H3,(H,37,38)/b36-26+. The lowest BCUT2D eigenvalue weighted by atomic mass is 10.0. The molecule has 0 saturated carbocycles. The Balaban J connectivity index is 1.21. The van der Waals surface area contributed by atoms with Gasteiger partial charge in [-0.3, -0.25) is 4.79 Å². The van der Waals surface area contributed by atoms with Crippen LogP contribution in [-0.2, 0) is 4.79 Å². The van der Waals surface area contributed by atoms with E-state index in [0.29, 0.717) is 22.1 Å². The van der Waals surface area contributed by atoms with Crippen LogP contribution in [0.1, 0.15) is 125 Å². The number of fused-ring (bicyclic) bond motifs is 1. The molecule has 1 amide bonds. The summed E-state index contributed by atoms with van der Waals surface area (Å²) in [6.45, 7) is 2.27. The number of carbonyl (C=O) groups excluding carboxylic acids is 2. The number of nitrogens with one attached hydrogen (secondary N) is 1. The zero-order valence-electron chi connectivity index (χ0n) is 24.5. The molecule has 0 atom stereocenters. The summed E-state index contributed by atoms with van der Waals surface area (Å²) in [6, 6.07) is 14.6. The normalized spacial score (nSPS) is 11.4. The van der Waals surface area contributed by atoms with E-state index in [1.807, 2.05) is 24.3 Å². The Labute approximate surface area is 254 Å². The summed E-state index contributed by atoms with van der Waals surface area (Å²) in [7, 11) is 0. The lowest BCUT2D eigenvalue weighted by molar-refractivity contribution is -0.121. The van der Waals surface area contributed by atoms with Crippen molar-refractivity contribution in [2.24, 2.45) is 5.10 Å². The molecule has 5 nitrogen and oxygen atoms in total. The van der Waals surface area contributed by atoms with Crippen molar-refractivity contribution in [3.05, 3.63) is 64.0 Å². The minimum atomic E-state index is -0.483. The summed E-state index contributed by atoms with van der Waals surface area (Å²) in [5.41, 5.74) is 3.39. The van der Waals surface area contributed by atoms with Gasteiger partial charge in [-0.1, -0.05) is 127 Å². The van der Waals surface area contributed by atoms with E-state index in [1.54, 1.807) is 30.5 Å². The summed E-state index contributed by atoms with van der Waals surface area (Å²) in [5, 5.41) is 5.32. The van der Waals surface area contributed by atoms with Gasteiger partial charge in [-0.25, -0.2) is 10.2 Å². The summed E-state index contributed by atoms with van der Waals surface area (Å²) in [6.07, 6.45) is 21.7. The minimum Gasteiger partial charge on any atom is -0.422 e. The first kappa shape index (κ1) is 32.8. The first-order valence-corrected chi connectivity index (χ1v) is 16.6. The molecule has 1 heterocycles. The van der Waals surface area contributed by atoms with Crippen molar-refractivity contribution in [2.45, 2.75) is 110 Å². The Morgan fingerprint density at radius 2 is 1.37 bits per heavy atom. The lowest BCUT2D eigenvalue weighted by Gasteiger charge is -2.04. The highest BCUT2D eigenvalue weighted by Crippen LogP contribution is 2.35. The number of benzene rings is 2. The Bertz CT molecular complexity index is 1220. The van der Waals surface area contributed by atoms with E-state index in [1.165, 1.54) is 94.8 Å². The highest BCUT2D eigenvalue weighted by Gasteiger charge is 2.18. The summed E-state index contributed by atoms with van der Waals surface area (Å²) in [4.78, 5) is 25.1. The number of esters is 1. The van der Waals surface area contributed by atoms with Crippen LogP contribution in [0.2, 0.25) is 5.02 Å². The van der Waals surface area contributed by atoms with Crippen LogP contribution in [-0.4, -0.2) is 18.1 Å². The number of ether oxygens (including phenoxy) is 1. The van der Waals surface area contributed by atoms with E-state index in [4.69, 9.17) is 16.3 Å². The molecule has 0 aliphatic heterocycles. The van der Waals surface area contributed by atoms with Gasteiger partial charge in [-0.15, -0.1) is 11.3 Å². The van der Waals surface area contributed by atoms with Crippen molar-refractivity contribution in [3.63, 3.8) is 0 Å². The van der Waals surface area contributed by atoms with Gasteiger partial charge in [0.15, 0.2) is 0 Å². The van der Waals surface area contributed by atoms with Gasteiger partial charge in [0.2, 0.25) is 5.91 Å². The van der Waals surface area contributed by atoms with E-state index < -0.39 is 5.97 Å². The number of halogens is 1. The predicted molar refractivity (Wildman–Crippen MR) is 174 cm³/mol. The maximum absolute atomic E-state index is 12.6. The Morgan fingerprint density at radius 1 is 0.805 bits per heavy atom. The lowest BCUT2D eigenvalue weighted by Crippen LogP contribution is -2.16. The summed E-state index contributed by atoms with van der Waals surface area (Å²) >= 11 is 7.70. The quantitative estimate of drug-likeness (QED) is 0.0463. The Hall–Kier alpha value is -2.70. The number of thiophene rings is 1. The van der Waals surface area contributed by atoms with Gasteiger partial charge < -0.3 is 4.74 Å². The SMILES string of the molecule is CCCCCCCCCCCCCCCCCC(=O)N/N=C/c1ccc(OC(=O)c2sc3ccccc3c2Cl)cc1. The van der Waals surface area contributed by atoms with Crippen LogP contribution in [0.15, 0.2) is 53.6 Å². The fourth-order valence-electron chi connectivity index (χ4n) is 4.81. The van der Waals surface area contributed by atoms with E-state index in [2.05, 4.69) is 17.5 Å². The second-order valence-corrected chi connectivity index (χ2v) is 12.1. The third-order valence-corrected chi connectivity index (χ3v) is 8.88. The first-order chi connectivity index (χ1) is 20.1. The number of hydrogen-bond acceptors (Lipinski definition) is 5. The third-order valence-electron chi connectivity index (χ3n) is 7.22.